The summed E-state index contributed by atoms with van der Waals surface area (Å²) < 4.78 is 41.9. The molecule has 1 atom stereocenters. The molecule has 102 valence electrons. The summed E-state index contributed by atoms with van der Waals surface area (Å²) in [6, 6.07) is 0. The number of halogens is 3. The Morgan fingerprint density at radius 1 is 1.41 bits per heavy atom. The molecule has 0 aromatic rings. The lowest BCUT2D eigenvalue weighted by molar-refractivity contribution is -0.174. The summed E-state index contributed by atoms with van der Waals surface area (Å²) in [6.45, 7) is 1.68. The lowest BCUT2D eigenvalue weighted by Crippen LogP contribution is -2.52. The van der Waals surface area contributed by atoms with Crippen LogP contribution in [0.2, 0.25) is 0 Å². The van der Waals surface area contributed by atoms with Gasteiger partial charge >= 0.3 is 6.18 Å². The van der Waals surface area contributed by atoms with Crippen molar-refractivity contribution in [2.24, 2.45) is 5.73 Å². The van der Waals surface area contributed by atoms with Gasteiger partial charge in [0.25, 0.3) is 5.91 Å². The highest BCUT2D eigenvalue weighted by Gasteiger charge is 2.40. The van der Waals surface area contributed by atoms with Crippen LogP contribution in [0.3, 0.4) is 0 Å². The van der Waals surface area contributed by atoms with Crippen molar-refractivity contribution in [1.29, 1.82) is 0 Å². The number of ether oxygens (including phenoxy) is 1. The second-order valence-corrected chi connectivity index (χ2v) is 3.92. The van der Waals surface area contributed by atoms with E-state index in [-0.39, 0.29) is 13.1 Å². The number of rotatable bonds is 6. The van der Waals surface area contributed by atoms with Crippen molar-refractivity contribution >= 4 is 5.91 Å². The number of nitrogens with two attached hydrogens (primary N) is 1. The van der Waals surface area contributed by atoms with E-state index >= 15 is 0 Å². The molecule has 0 aromatic heterocycles. The van der Waals surface area contributed by atoms with Gasteiger partial charge in [-0.25, -0.2) is 0 Å². The number of hydrogen-bond donors (Lipinski definition) is 1. The quantitative estimate of drug-likeness (QED) is 0.775. The van der Waals surface area contributed by atoms with Gasteiger partial charge in [-0.15, -0.1) is 0 Å². The lowest BCUT2D eigenvalue weighted by Gasteiger charge is -2.33. The Morgan fingerprint density at radius 3 is 2.24 bits per heavy atom. The second-order valence-electron chi connectivity index (χ2n) is 3.92. The molecule has 0 saturated heterocycles. The van der Waals surface area contributed by atoms with Gasteiger partial charge in [0.2, 0.25) is 0 Å². The van der Waals surface area contributed by atoms with Crippen molar-refractivity contribution in [3.8, 4) is 0 Å². The van der Waals surface area contributed by atoms with E-state index in [2.05, 4.69) is 0 Å². The first-order valence-corrected chi connectivity index (χ1v) is 5.31. The van der Waals surface area contributed by atoms with Crippen molar-refractivity contribution in [2.75, 3.05) is 26.7 Å². The highest BCUT2D eigenvalue weighted by molar-refractivity contribution is 5.84. The van der Waals surface area contributed by atoms with E-state index in [4.69, 9.17) is 10.5 Å². The van der Waals surface area contributed by atoms with Gasteiger partial charge in [-0.1, -0.05) is 6.92 Å². The highest BCUT2D eigenvalue weighted by atomic mass is 19.4. The fourth-order valence-corrected chi connectivity index (χ4v) is 1.34. The summed E-state index contributed by atoms with van der Waals surface area (Å²) in [5.74, 6) is -0.690. The van der Waals surface area contributed by atoms with Gasteiger partial charge in [0, 0.05) is 20.2 Å². The molecule has 0 bridgehead atoms. The first-order valence-electron chi connectivity index (χ1n) is 5.31. The maximum absolute atomic E-state index is 12.3. The predicted molar refractivity (Wildman–Crippen MR) is 57.4 cm³/mol. The number of carbonyl (C=O) groups excluding carboxylic acids is 1. The second kappa shape index (κ2) is 6.20. The standard InChI is InChI=1S/C10H19F3N2O2/c1-4-9(2,17-3)8(16)15(6-5-14)7-10(11,12)13/h4-7,14H2,1-3H3. The smallest absolute Gasteiger partial charge is 0.369 e. The molecule has 0 aliphatic carbocycles. The molecule has 0 aliphatic heterocycles. The molecular formula is C10H19F3N2O2. The van der Waals surface area contributed by atoms with Crippen LogP contribution in [0.1, 0.15) is 20.3 Å². The molecule has 0 aliphatic rings. The summed E-state index contributed by atoms with van der Waals surface area (Å²) in [4.78, 5) is 12.6. The van der Waals surface area contributed by atoms with Crippen molar-refractivity contribution in [3.63, 3.8) is 0 Å². The third kappa shape index (κ3) is 4.91. The van der Waals surface area contributed by atoms with Gasteiger partial charge in [0.1, 0.15) is 12.1 Å². The summed E-state index contributed by atoms with van der Waals surface area (Å²) in [5, 5.41) is 0. The zero-order valence-corrected chi connectivity index (χ0v) is 10.3. The molecule has 2 N–H and O–H groups in total. The van der Waals surface area contributed by atoms with Crippen LogP contribution in [-0.2, 0) is 9.53 Å². The molecule has 0 rings (SSSR count). The van der Waals surface area contributed by atoms with Crippen molar-refractivity contribution in [2.45, 2.75) is 32.0 Å². The molecule has 4 nitrogen and oxygen atoms in total. The van der Waals surface area contributed by atoms with Crippen LogP contribution >= 0.6 is 0 Å². The third-order valence-electron chi connectivity index (χ3n) is 2.63. The molecule has 0 heterocycles. The van der Waals surface area contributed by atoms with E-state index in [1.54, 1.807) is 6.92 Å². The van der Waals surface area contributed by atoms with Gasteiger partial charge in [-0.2, -0.15) is 13.2 Å². The molecule has 0 fully saturated rings. The van der Waals surface area contributed by atoms with E-state index in [1.807, 2.05) is 0 Å². The summed E-state index contributed by atoms with van der Waals surface area (Å²) >= 11 is 0. The molecule has 0 radical (unpaired) electrons. The SMILES string of the molecule is CCC(C)(OC)C(=O)N(CCN)CC(F)(F)F. The van der Waals surface area contributed by atoms with Crippen LogP contribution in [0.15, 0.2) is 0 Å². The number of alkyl halides is 3. The van der Waals surface area contributed by atoms with Crippen LogP contribution in [0.4, 0.5) is 13.2 Å². The lowest BCUT2D eigenvalue weighted by atomic mass is 10.0. The van der Waals surface area contributed by atoms with Crippen LogP contribution in [0.5, 0.6) is 0 Å². The van der Waals surface area contributed by atoms with Crippen LogP contribution in [0.25, 0.3) is 0 Å². The molecule has 7 heteroatoms. The maximum Gasteiger partial charge on any atom is 0.406 e. The Balaban J connectivity index is 4.87. The van der Waals surface area contributed by atoms with Crippen molar-refractivity contribution in [1.82, 2.24) is 4.90 Å². The minimum atomic E-state index is -4.44. The van der Waals surface area contributed by atoms with Gasteiger partial charge in [0.15, 0.2) is 0 Å². The van der Waals surface area contributed by atoms with Crippen molar-refractivity contribution in [3.05, 3.63) is 0 Å². The molecule has 0 spiro atoms. The maximum atomic E-state index is 12.3. The Labute approximate surface area is 98.9 Å². The summed E-state index contributed by atoms with van der Waals surface area (Å²) in [6.07, 6.45) is -4.14. The minimum Gasteiger partial charge on any atom is -0.369 e. The Bertz CT molecular complexity index is 252. The van der Waals surface area contributed by atoms with Gasteiger partial charge in [-0.05, 0) is 13.3 Å². The normalized spacial score (nSPS) is 15.5. The predicted octanol–water partition coefficient (Wildman–Crippen LogP) is 1.15. The molecular weight excluding hydrogens is 237 g/mol. The topological polar surface area (TPSA) is 55.6 Å². The van der Waals surface area contributed by atoms with E-state index < -0.39 is 24.2 Å². The number of hydrogen-bond acceptors (Lipinski definition) is 3. The fourth-order valence-electron chi connectivity index (χ4n) is 1.34. The van der Waals surface area contributed by atoms with Crippen LogP contribution in [0, 0.1) is 0 Å². The van der Waals surface area contributed by atoms with Gasteiger partial charge in [-0.3, -0.25) is 4.79 Å². The largest absolute Gasteiger partial charge is 0.406 e. The first-order chi connectivity index (χ1) is 7.70. The van der Waals surface area contributed by atoms with Gasteiger partial charge in [0.05, 0.1) is 0 Å². The number of amides is 1. The molecule has 17 heavy (non-hydrogen) atoms. The summed E-state index contributed by atoms with van der Waals surface area (Å²) in [5.41, 5.74) is 3.97. The van der Waals surface area contributed by atoms with E-state index in [9.17, 15) is 18.0 Å². The first kappa shape index (κ1) is 16.2. The van der Waals surface area contributed by atoms with Crippen LogP contribution < -0.4 is 5.73 Å². The van der Waals surface area contributed by atoms with E-state index in [0.717, 1.165) is 0 Å². The van der Waals surface area contributed by atoms with Crippen LogP contribution in [-0.4, -0.2) is 49.3 Å². The minimum absolute atomic E-state index is 0.0225. The van der Waals surface area contributed by atoms with E-state index in [0.29, 0.717) is 11.3 Å². The average molecular weight is 256 g/mol. The van der Waals surface area contributed by atoms with Crippen molar-refractivity contribution < 1.29 is 22.7 Å². The number of methoxy groups -OCH3 is 1. The highest BCUT2D eigenvalue weighted by Crippen LogP contribution is 2.22. The zero-order chi connectivity index (χ0) is 13.7. The zero-order valence-electron chi connectivity index (χ0n) is 10.3. The molecule has 1 amide bonds. The fraction of sp³-hybridized carbons (Fsp3) is 0.900. The molecule has 1 unspecified atom stereocenters. The van der Waals surface area contributed by atoms with Gasteiger partial charge < -0.3 is 15.4 Å². The van der Waals surface area contributed by atoms with E-state index in [1.165, 1.54) is 14.0 Å². The Hall–Kier alpha value is -0.820. The summed E-state index contributed by atoms with van der Waals surface area (Å²) in [7, 11) is 1.30. The third-order valence-corrected chi connectivity index (χ3v) is 2.63. The monoisotopic (exact) mass is 256 g/mol. The number of carbonyl (C=O) groups is 1. The number of nitrogens with zero attached hydrogens (tertiary/aromatic N) is 1. The molecule has 0 saturated carbocycles. The Kier molecular flexibility index (Phi) is 5.91. The molecule has 0 aromatic carbocycles. The Morgan fingerprint density at radius 2 is 1.94 bits per heavy atom. The average Bonchev–Trinajstić information content (AvgIpc) is 2.24.